The van der Waals surface area contributed by atoms with Crippen LogP contribution >= 0.6 is 0 Å². The minimum atomic E-state index is -0.951. The molecule has 2 aromatic rings. The zero-order valence-corrected chi connectivity index (χ0v) is 10.9. The van der Waals surface area contributed by atoms with Gasteiger partial charge in [0.1, 0.15) is 0 Å². The molecule has 0 unspecified atom stereocenters. The van der Waals surface area contributed by atoms with Crippen molar-refractivity contribution in [3.8, 4) is 11.5 Å². The van der Waals surface area contributed by atoms with E-state index >= 15 is 0 Å². The second-order valence-corrected chi connectivity index (χ2v) is 4.08. The van der Waals surface area contributed by atoms with Gasteiger partial charge >= 0.3 is 5.97 Å². The summed E-state index contributed by atoms with van der Waals surface area (Å²) in [6, 6.07) is 4.87. The molecule has 0 saturated heterocycles. The van der Waals surface area contributed by atoms with Crippen LogP contribution in [0.25, 0.3) is 11.5 Å². The van der Waals surface area contributed by atoms with E-state index in [-0.39, 0.29) is 24.6 Å². The van der Waals surface area contributed by atoms with Crippen molar-refractivity contribution in [2.45, 2.75) is 13.3 Å². The van der Waals surface area contributed by atoms with Gasteiger partial charge in [-0.3, -0.25) is 9.59 Å². The van der Waals surface area contributed by atoms with E-state index in [2.05, 4.69) is 5.16 Å². The van der Waals surface area contributed by atoms with Crippen LogP contribution in [-0.4, -0.2) is 40.1 Å². The topological polar surface area (TPSA) is 96.8 Å². The molecule has 0 aliphatic rings. The third kappa shape index (κ3) is 3.05. The average Bonchev–Trinajstić information content (AvgIpc) is 3.09. The summed E-state index contributed by atoms with van der Waals surface area (Å²) >= 11 is 0. The number of carboxylic acids is 1. The van der Waals surface area contributed by atoms with Gasteiger partial charge in [0, 0.05) is 19.2 Å². The Kier molecular flexibility index (Phi) is 4.19. The van der Waals surface area contributed by atoms with Crippen molar-refractivity contribution in [2.75, 3.05) is 13.1 Å². The van der Waals surface area contributed by atoms with Gasteiger partial charge in [-0.25, -0.2) is 0 Å². The van der Waals surface area contributed by atoms with Crippen LogP contribution in [0.3, 0.4) is 0 Å². The van der Waals surface area contributed by atoms with Crippen LogP contribution in [0, 0.1) is 0 Å². The number of hydrogen-bond acceptors (Lipinski definition) is 5. The van der Waals surface area contributed by atoms with Crippen LogP contribution in [0.1, 0.15) is 23.8 Å². The Labute approximate surface area is 114 Å². The van der Waals surface area contributed by atoms with Crippen molar-refractivity contribution in [1.82, 2.24) is 10.1 Å². The molecule has 106 valence electrons. The molecular formula is C13H14N2O5. The molecule has 0 aliphatic heterocycles. The molecule has 7 nitrogen and oxygen atoms in total. The molecule has 1 N–H and O–H groups in total. The molecule has 2 aromatic heterocycles. The molecule has 7 heteroatoms. The molecule has 0 aliphatic carbocycles. The molecule has 0 fully saturated rings. The fourth-order valence-electron chi connectivity index (χ4n) is 1.71. The molecular weight excluding hydrogens is 264 g/mol. The second-order valence-electron chi connectivity index (χ2n) is 4.08. The molecule has 2 rings (SSSR count). The van der Waals surface area contributed by atoms with Gasteiger partial charge in [-0.1, -0.05) is 5.16 Å². The lowest BCUT2D eigenvalue weighted by atomic mass is 10.2. The minimum Gasteiger partial charge on any atom is -0.481 e. The number of nitrogens with zero attached hydrogens (tertiary/aromatic N) is 2. The Balaban J connectivity index is 2.10. The Morgan fingerprint density at radius 2 is 2.20 bits per heavy atom. The molecule has 0 atom stereocenters. The number of carbonyl (C=O) groups excluding carboxylic acids is 1. The van der Waals surface area contributed by atoms with Crippen LogP contribution in [0.4, 0.5) is 0 Å². The fourth-order valence-corrected chi connectivity index (χ4v) is 1.71. The lowest BCUT2D eigenvalue weighted by Gasteiger charge is -2.18. The Hall–Kier alpha value is -2.57. The quantitative estimate of drug-likeness (QED) is 0.866. The maximum absolute atomic E-state index is 12.2. The first-order valence-corrected chi connectivity index (χ1v) is 6.13. The smallest absolute Gasteiger partial charge is 0.305 e. The van der Waals surface area contributed by atoms with Gasteiger partial charge in [-0.2, -0.15) is 0 Å². The van der Waals surface area contributed by atoms with E-state index in [0.717, 1.165) is 0 Å². The highest BCUT2D eigenvalue weighted by atomic mass is 16.5. The number of hydrogen-bond donors (Lipinski definition) is 1. The highest BCUT2D eigenvalue weighted by molar-refractivity contribution is 5.93. The lowest BCUT2D eigenvalue weighted by molar-refractivity contribution is -0.137. The molecule has 0 radical (unpaired) electrons. The molecule has 0 spiro atoms. The van der Waals surface area contributed by atoms with E-state index in [0.29, 0.717) is 18.1 Å². The number of aromatic nitrogens is 1. The first kappa shape index (κ1) is 13.9. The van der Waals surface area contributed by atoms with Crippen molar-refractivity contribution >= 4 is 11.9 Å². The summed E-state index contributed by atoms with van der Waals surface area (Å²) in [4.78, 5) is 24.1. The van der Waals surface area contributed by atoms with Gasteiger partial charge in [-0.15, -0.1) is 0 Å². The number of carbonyl (C=O) groups is 2. The largest absolute Gasteiger partial charge is 0.481 e. The summed E-state index contributed by atoms with van der Waals surface area (Å²) in [6.45, 7) is 2.30. The summed E-state index contributed by atoms with van der Waals surface area (Å²) in [5.41, 5.74) is 0.128. The van der Waals surface area contributed by atoms with Crippen molar-refractivity contribution in [3.05, 3.63) is 30.2 Å². The zero-order chi connectivity index (χ0) is 14.5. The molecule has 20 heavy (non-hydrogen) atoms. The second kappa shape index (κ2) is 6.05. The van der Waals surface area contributed by atoms with Gasteiger partial charge < -0.3 is 18.9 Å². The van der Waals surface area contributed by atoms with E-state index < -0.39 is 5.97 Å². The first-order chi connectivity index (χ1) is 9.61. The predicted molar refractivity (Wildman–Crippen MR) is 68.0 cm³/mol. The van der Waals surface area contributed by atoms with E-state index in [9.17, 15) is 9.59 Å². The maximum atomic E-state index is 12.2. The fraction of sp³-hybridized carbons (Fsp3) is 0.308. The number of carboxylic acid groups (broad SMARTS) is 1. The van der Waals surface area contributed by atoms with E-state index in [1.165, 1.54) is 17.2 Å². The van der Waals surface area contributed by atoms with Crippen LogP contribution in [-0.2, 0) is 4.79 Å². The van der Waals surface area contributed by atoms with Crippen molar-refractivity contribution in [1.29, 1.82) is 0 Å². The van der Waals surface area contributed by atoms with E-state index in [1.54, 1.807) is 19.1 Å². The Bertz CT molecular complexity index is 588. The summed E-state index contributed by atoms with van der Waals surface area (Å²) in [5.74, 6) is -0.485. The molecule has 0 saturated carbocycles. The first-order valence-electron chi connectivity index (χ1n) is 6.13. The van der Waals surface area contributed by atoms with Gasteiger partial charge in [0.25, 0.3) is 5.91 Å². The van der Waals surface area contributed by atoms with Crippen LogP contribution < -0.4 is 0 Å². The van der Waals surface area contributed by atoms with Crippen molar-refractivity contribution in [2.24, 2.45) is 0 Å². The minimum absolute atomic E-state index is 0.109. The van der Waals surface area contributed by atoms with E-state index in [4.69, 9.17) is 14.0 Å². The van der Waals surface area contributed by atoms with Gasteiger partial charge in [0.2, 0.25) is 5.76 Å². The van der Waals surface area contributed by atoms with Crippen LogP contribution in [0.15, 0.2) is 33.4 Å². The third-order valence-corrected chi connectivity index (χ3v) is 2.76. The number of amides is 1. The van der Waals surface area contributed by atoms with Crippen molar-refractivity contribution < 1.29 is 23.6 Å². The molecule has 0 aromatic carbocycles. The third-order valence-electron chi connectivity index (χ3n) is 2.76. The highest BCUT2D eigenvalue weighted by Crippen LogP contribution is 2.21. The summed E-state index contributed by atoms with van der Waals surface area (Å²) in [5, 5.41) is 12.3. The SMILES string of the molecule is CCN(CCC(=O)O)C(=O)c1cc(-c2ccco2)on1. The predicted octanol–water partition coefficient (Wildman–Crippen LogP) is 1.87. The zero-order valence-electron chi connectivity index (χ0n) is 10.9. The Morgan fingerprint density at radius 3 is 2.80 bits per heavy atom. The van der Waals surface area contributed by atoms with Gasteiger partial charge in [0.15, 0.2) is 11.5 Å². The standard InChI is InChI=1S/C13H14N2O5/c1-2-15(6-5-12(16)17)13(18)9-8-11(20-14-9)10-4-3-7-19-10/h3-4,7-8H,2,5-6H2,1H3,(H,16,17). The van der Waals surface area contributed by atoms with Crippen LogP contribution in [0.5, 0.6) is 0 Å². The Morgan fingerprint density at radius 1 is 1.40 bits per heavy atom. The average molecular weight is 278 g/mol. The summed E-state index contributed by atoms with van der Waals surface area (Å²) in [6.07, 6.45) is 1.38. The van der Waals surface area contributed by atoms with Gasteiger partial charge in [0.05, 0.1) is 12.7 Å². The molecule has 0 bridgehead atoms. The highest BCUT2D eigenvalue weighted by Gasteiger charge is 2.20. The maximum Gasteiger partial charge on any atom is 0.305 e. The normalized spacial score (nSPS) is 10.4. The number of rotatable bonds is 6. The number of furan rings is 1. The number of aliphatic carboxylic acids is 1. The lowest BCUT2D eigenvalue weighted by Crippen LogP contribution is -2.33. The van der Waals surface area contributed by atoms with Crippen molar-refractivity contribution in [3.63, 3.8) is 0 Å². The monoisotopic (exact) mass is 278 g/mol. The summed E-state index contributed by atoms with van der Waals surface area (Å²) < 4.78 is 10.2. The summed E-state index contributed by atoms with van der Waals surface area (Å²) in [7, 11) is 0. The van der Waals surface area contributed by atoms with Crippen LogP contribution in [0.2, 0.25) is 0 Å². The molecule has 1 amide bonds. The molecule has 2 heterocycles. The van der Waals surface area contributed by atoms with E-state index in [1.807, 2.05) is 0 Å². The van der Waals surface area contributed by atoms with Gasteiger partial charge in [-0.05, 0) is 19.1 Å².